The molecule has 0 fully saturated rings. The van der Waals surface area contributed by atoms with Gasteiger partial charge in [-0.1, -0.05) is 46.5 Å². The maximum absolute atomic E-state index is 12.0. The van der Waals surface area contributed by atoms with Crippen LogP contribution in [0.4, 0.5) is 0 Å². The molecule has 0 aromatic heterocycles. The molecular weight excluding hydrogens is 188 g/mol. The van der Waals surface area contributed by atoms with Crippen molar-refractivity contribution in [1.29, 1.82) is 0 Å². The topological polar surface area (TPSA) is 17.1 Å². The summed E-state index contributed by atoms with van der Waals surface area (Å²) < 4.78 is 0. The zero-order valence-corrected chi connectivity index (χ0v) is 11.5. The highest BCUT2D eigenvalue weighted by atomic mass is 28.3. The zero-order chi connectivity index (χ0) is 11.6. The molecule has 1 nitrogen and oxygen atoms in total. The summed E-state index contributed by atoms with van der Waals surface area (Å²) >= 11 is 0. The largest absolute Gasteiger partial charge is 0.298 e. The number of ketones is 1. The van der Waals surface area contributed by atoms with Crippen molar-refractivity contribution in [2.45, 2.75) is 46.5 Å². The fourth-order valence-electron chi connectivity index (χ4n) is 1.50. The molecule has 0 aliphatic heterocycles. The first kappa shape index (κ1) is 13.6. The highest BCUT2D eigenvalue weighted by Gasteiger charge is 2.30. The molecule has 0 aromatic rings. The SMILES string of the molecule is C=CC(C[Si](C)(C)C)C(=O)C(C)(C)C. The van der Waals surface area contributed by atoms with E-state index in [4.69, 9.17) is 0 Å². The van der Waals surface area contributed by atoms with Gasteiger partial charge in [-0.3, -0.25) is 4.79 Å². The molecule has 0 aromatic carbocycles. The van der Waals surface area contributed by atoms with E-state index >= 15 is 0 Å². The second kappa shape index (κ2) is 4.43. The van der Waals surface area contributed by atoms with Gasteiger partial charge in [0.25, 0.3) is 0 Å². The van der Waals surface area contributed by atoms with Crippen LogP contribution in [0, 0.1) is 11.3 Å². The highest BCUT2D eigenvalue weighted by Crippen LogP contribution is 2.27. The molecule has 0 bridgehead atoms. The molecule has 2 heteroatoms. The molecule has 1 atom stereocenters. The number of carbonyl (C=O) groups excluding carboxylic acids is 1. The van der Waals surface area contributed by atoms with Crippen molar-refractivity contribution in [2.75, 3.05) is 0 Å². The van der Waals surface area contributed by atoms with Crippen molar-refractivity contribution >= 4 is 13.9 Å². The van der Waals surface area contributed by atoms with E-state index in [1.807, 2.05) is 26.8 Å². The molecule has 0 amide bonds. The minimum Gasteiger partial charge on any atom is -0.298 e. The monoisotopic (exact) mass is 212 g/mol. The van der Waals surface area contributed by atoms with Gasteiger partial charge in [-0.15, -0.1) is 6.58 Å². The fraction of sp³-hybridized carbons (Fsp3) is 0.750. The lowest BCUT2D eigenvalue weighted by Gasteiger charge is -2.26. The summed E-state index contributed by atoms with van der Waals surface area (Å²) in [6.07, 6.45) is 1.83. The Morgan fingerprint density at radius 3 is 2.00 bits per heavy atom. The molecule has 0 N–H and O–H groups in total. The summed E-state index contributed by atoms with van der Waals surface area (Å²) in [4.78, 5) is 12.0. The Bertz CT molecular complexity index is 217. The Labute approximate surface area is 89.6 Å². The smallest absolute Gasteiger partial charge is 0.144 e. The lowest BCUT2D eigenvalue weighted by molar-refractivity contribution is -0.128. The molecule has 0 heterocycles. The van der Waals surface area contributed by atoms with Gasteiger partial charge in [0.15, 0.2) is 0 Å². The normalized spacial score (nSPS) is 15.0. The zero-order valence-electron chi connectivity index (χ0n) is 10.5. The Balaban J connectivity index is 4.60. The van der Waals surface area contributed by atoms with Gasteiger partial charge in [0.2, 0.25) is 0 Å². The van der Waals surface area contributed by atoms with E-state index in [1.165, 1.54) is 0 Å². The van der Waals surface area contributed by atoms with Gasteiger partial charge in [-0.05, 0) is 6.04 Å². The van der Waals surface area contributed by atoms with E-state index in [-0.39, 0.29) is 11.3 Å². The first-order chi connectivity index (χ1) is 6.08. The van der Waals surface area contributed by atoms with Crippen molar-refractivity contribution in [3.8, 4) is 0 Å². The van der Waals surface area contributed by atoms with E-state index < -0.39 is 8.07 Å². The van der Waals surface area contributed by atoms with Crippen LogP contribution in [-0.2, 0) is 4.79 Å². The summed E-state index contributed by atoms with van der Waals surface area (Å²) in [5.41, 5.74) is -0.238. The third kappa shape index (κ3) is 4.75. The number of rotatable bonds is 4. The first-order valence-corrected chi connectivity index (χ1v) is 8.95. The van der Waals surface area contributed by atoms with E-state index in [0.717, 1.165) is 6.04 Å². The van der Waals surface area contributed by atoms with Crippen molar-refractivity contribution in [2.24, 2.45) is 11.3 Å². The lowest BCUT2D eigenvalue weighted by atomic mass is 9.84. The van der Waals surface area contributed by atoms with Gasteiger partial charge in [-0.2, -0.15) is 0 Å². The molecule has 14 heavy (non-hydrogen) atoms. The van der Waals surface area contributed by atoms with Crippen LogP contribution in [0.15, 0.2) is 12.7 Å². The van der Waals surface area contributed by atoms with E-state index in [0.29, 0.717) is 5.78 Å². The molecule has 0 aliphatic carbocycles. The maximum atomic E-state index is 12.0. The second-order valence-corrected chi connectivity index (χ2v) is 11.8. The number of hydrogen-bond donors (Lipinski definition) is 0. The van der Waals surface area contributed by atoms with Gasteiger partial charge in [0.05, 0.1) is 0 Å². The Morgan fingerprint density at radius 1 is 1.36 bits per heavy atom. The molecule has 0 aliphatic rings. The number of allylic oxidation sites excluding steroid dienone is 1. The van der Waals surface area contributed by atoms with Crippen molar-refractivity contribution in [3.63, 3.8) is 0 Å². The summed E-state index contributed by atoms with van der Waals surface area (Å²) in [6, 6.07) is 1.02. The number of hydrogen-bond acceptors (Lipinski definition) is 1. The van der Waals surface area contributed by atoms with Crippen LogP contribution >= 0.6 is 0 Å². The molecule has 0 saturated heterocycles. The minimum atomic E-state index is -1.17. The van der Waals surface area contributed by atoms with Crippen LogP contribution in [0.3, 0.4) is 0 Å². The van der Waals surface area contributed by atoms with Crippen LogP contribution in [0.25, 0.3) is 0 Å². The number of carbonyl (C=O) groups is 1. The van der Waals surface area contributed by atoms with Crippen LogP contribution in [0.1, 0.15) is 20.8 Å². The van der Waals surface area contributed by atoms with Crippen molar-refractivity contribution in [3.05, 3.63) is 12.7 Å². The summed E-state index contributed by atoms with van der Waals surface area (Å²) in [5, 5.41) is 0. The van der Waals surface area contributed by atoms with Crippen molar-refractivity contribution in [1.82, 2.24) is 0 Å². The van der Waals surface area contributed by atoms with Gasteiger partial charge < -0.3 is 0 Å². The van der Waals surface area contributed by atoms with Gasteiger partial charge in [0.1, 0.15) is 5.78 Å². The van der Waals surface area contributed by atoms with Crippen LogP contribution < -0.4 is 0 Å². The first-order valence-electron chi connectivity index (χ1n) is 5.25. The summed E-state index contributed by atoms with van der Waals surface area (Å²) in [7, 11) is -1.17. The Hall–Kier alpha value is -0.373. The molecule has 0 radical (unpaired) electrons. The van der Waals surface area contributed by atoms with E-state index in [9.17, 15) is 4.79 Å². The third-order valence-electron chi connectivity index (χ3n) is 2.19. The second-order valence-electron chi connectivity index (χ2n) is 6.22. The lowest BCUT2D eigenvalue weighted by Crippen LogP contribution is -2.33. The molecule has 0 saturated carbocycles. The highest BCUT2D eigenvalue weighted by molar-refractivity contribution is 6.76. The summed E-state index contributed by atoms with van der Waals surface area (Å²) in [6.45, 7) is 16.6. The predicted octanol–water partition coefficient (Wildman–Crippen LogP) is 3.74. The Morgan fingerprint density at radius 2 is 1.79 bits per heavy atom. The van der Waals surface area contributed by atoms with Crippen LogP contribution in [0.5, 0.6) is 0 Å². The minimum absolute atomic E-state index is 0.0571. The number of Topliss-reactive ketones (excluding diaryl/α,β-unsaturated/α-hetero) is 1. The molecule has 0 spiro atoms. The molecular formula is C12H24OSi. The van der Waals surface area contributed by atoms with Gasteiger partial charge in [-0.25, -0.2) is 0 Å². The fourth-order valence-corrected chi connectivity index (χ4v) is 3.17. The predicted molar refractivity (Wildman–Crippen MR) is 66.3 cm³/mol. The Kier molecular flexibility index (Phi) is 4.31. The molecule has 0 rings (SSSR count). The molecule has 82 valence electrons. The average molecular weight is 212 g/mol. The van der Waals surface area contributed by atoms with E-state index in [1.54, 1.807) is 0 Å². The van der Waals surface area contributed by atoms with Gasteiger partial charge >= 0.3 is 0 Å². The standard InChI is InChI=1S/C12H24OSi/c1-8-10(9-14(5,6)7)11(13)12(2,3)4/h8,10H,1,9H2,2-7H3. The molecule has 1 unspecified atom stereocenters. The maximum Gasteiger partial charge on any atom is 0.144 e. The third-order valence-corrected chi connectivity index (χ3v) is 3.86. The van der Waals surface area contributed by atoms with E-state index in [2.05, 4.69) is 26.2 Å². The average Bonchev–Trinajstić information content (AvgIpc) is 1.95. The van der Waals surface area contributed by atoms with Crippen molar-refractivity contribution < 1.29 is 4.79 Å². The van der Waals surface area contributed by atoms with Crippen LogP contribution in [0.2, 0.25) is 25.7 Å². The quantitative estimate of drug-likeness (QED) is 0.512. The summed E-state index contributed by atoms with van der Waals surface area (Å²) in [5.74, 6) is 0.386. The van der Waals surface area contributed by atoms with Crippen LogP contribution in [-0.4, -0.2) is 13.9 Å². The van der Waals surface area contributed by atoms with Gasteiger partial charge in [0, 0.05) is 19.4 Å².